The molecule has 2 amide bonds. The second-order valence-corrected chi connectivity index (χ2v) is 10.1. The fourth-order valence-corrected chi connectivity index (χ4v) is 5.22. The number of phenolic OH excluding ortho intramolecular Hbond substituents is 1. The predicted molar refractivity (Wildman–Crippen MR) is 149 cm³/mol. The Kier molecular flexibility index (Phi) is 8.91. The lowest BCUT2D eigenvalue weighted by atomic mass is 10.0. The second kappa shape index (κ2) is 12.9. The largest absolute Gasteiger partial charge is 0.508 e. The van der Waals surface area contributed by atoms with Crippen molar-refractivity contribution in [2.24, 2.45) is 0 Å². The van der Waals surface area contributed by atoms with E-state index in [0.29, 0.717) is 29.6 Å². The third-order valence-corrected chi connectivity index (χ3v) is 7.35. The molecule has 1 saturated heterocycles. The van der Waals surface area contributed by atoms with Gasteiger partial charge in [0.2, 0.25) is 5.16 Å². The molecule has 0 saturated carbocycles. The fourth-order valence-electron chi connectivity index (χ4n) is 4.31. The normalized spacial score (nSPS) is 18.8. The summed E-state index contributed by atoms with van der Waals surface area (Å²) in [4.78, 5) is 12.0. The molecule has 1 aliphatic heterocycles. The maximum Gasteiger partial charge on any atom is 0.319 e. The van der Waals surface area contributed by atoms with E-state index in [1.807, 2.05) is 55.5 Å². The SMILES string of the molecule is CCNC(=O)Nc1cccc(C2O[C@H](CSc3nnnn3-c3ccc(O)cc3)C[C@H](c3ccc(CO)cc3)O2)c1. The minimum atomic E-state index is -0.675. The smallest absolute Gasteiger partial charge is 0.319 e. The zero-order valence-corrected chi connectivity index (χ0v) is 22.6. The van der Waals surface area contributed by atoms with Crippen molar-refractivity contribution in [1.82, 2.24) is 25.5 Å². The monoisotopic (exact) mass is 562 g/mol. The summed E-state index contributed by atoms with van der Waals surface area (Å²) in [5.41, 5.74) is 3.93. The van der Waals surface area contributed by atoms with Crippen LogP contribution in [0.3, 0.4) is 0 Å². The summed E-state index contributed by atoms with van der Waals surface area (Å²) in [7, 11) is 0. The number of ether oxygens (including phenoxy) is 2. The van der Waals surface area contributed by atoms with Crippen molar-refractivity contribution in [3.63, 3.8) is 0 Å². The molecule has 5 rings (SSSR count). The highest BCUT2D eigenvalue weighted by Gasteiger charge is 2.33. The van der Waals surface area contributed by atoms with Gasteiger partial charge < -0.3 is 30.3 Å². The number of benzene rings is 3. The number of anilines is 1. The number of phenols is 1. The average Bonchev–Trinajstić information content (AvgIpc) is 3.45. The molecule has 0 aliphatic carbocycles. The van der Waals surface area contributed by atoms with Gasteiger partial charge in [0.25, 0.3) is 0 Å². The first-order valence-electron chi connectivity index (χ1n) is 12.9. The van der Waals surface area contributed by atoms with Crippen molar-refractivity contribution in [1.29, 1.82) is 0 Å². The number of amides is 2. The third-order valence-electron chi connectivity index (χ3n) is 6.30. The third kappa shape index (κ3) is 6.77. The van der Waals surface area contributed by atoms with Crippen LogP contribution in [0.2, 0.25) is 0 Å². The number of nitrogens with zero attached hydrogens (tertiary/aromatic N) is 4. The molecule has 1 unspecified atom stereocenters. The van der Waals surface area contributed by atoms with Gasteiger partial charge >= 0.3 is 6.03 Å². The number of tetrazole rings is 1. The highest BCUT2D eigenvalue weighted by molar-refractivity contribution is 7.99. The number of aromatic hydroxyl groups is 1. The molecule has 3 atom stereocenters. The molecule has 12 heteroatoms. The molecule has 2 heterocycles. The Bertz CT molecular complexity index is 1420. The first-order valence-corrected chi connectivity index (χ1v) is 13.9. The van der Waals surface area contributed by atoms with Crippen molar-refractivity contribution in [2.75, 3.05) is 17.6 Å². The number of aliphatic hydroxyl groups excluding tert-OH is 1. The maximum atomic E-state index is 12.0. The van der Waals surface area contributed by atoms with Crippen molar-refractivity contribution in [3.8, 4) is 11.4 Å². The van der Waals surface area contributed by atoms with Crippen molar-refractivity contribution >= 4 is 23.5 Å². The first kappa shape index (κ1) is 27.6. The summed E-state index contributed by atoms with van der Waals surface area (Å²) in [6.45, 7) is 2.35. The van der Waals surface area contributed by atoms with E-state index in [0.717, 1.165) is 22.4 Å². The summed E-state index contributed by atoms with van der Waals surface area (Å²) in [6, 6.07) is 21.4. The Morgan fingerprint density at radius 2 is 1.88 bits per heavy atom. The predicted octanol–water partition coefficient (Wildman–Crippen LogP) is 4.34. The van der Waals surface area contributed by atoms with Gasteiger partial charge in [0.05, 0.1) is 24.5 Å². The average molecular weight is 563 g/mol. The molecule has 1 fully saturated rings. The van der Waals surface area contributed by atoms with Gasteiger partial charge in [-0.1, -0.05) is 48.2 Å². The van der Waals surface area contributed by atoms with Gasteiger partial charge in [-0.3, -0.25) is 0 Å². The maximum absolute atomic E-state index is 12.0. The number of hydrogen-bond donors (Lipinski definition) is 4. The van der Waals surface area contributed by atoms with Crippen LogP contribution in [0.25, 0.3) is 5.69 Å². The van der Waals surface area contributed by atoms with E-state index >= 15 is 0 Å². The molecule has 4 N–H and O–H groups in total. The first-order chi connectivity index (χ1) is 19.5. The fraction of sp³-hybridized carbons (Fsp3) is 0.286. The summed E-state index contributed by atoms with van der Waals surface area (Å²) >= 11 is 1.46. The Labute approximate surface area is 235 Å². The summed E-state index contributed by atoms with van der Waals surface area (Å²) in [5, 5.41) is 37.3. The number of nitrogens with one attached hydrogen (secondary N) is 2. The van der Waals surface area contributed by atoms with Crippen LogP contribution in [0, 0.1) is 0 Å². The molecule has 4 aromatic rings. The number of carbonyl (C=O) groups excluding carboxylic acids is 1. The number of thioether (sulfide) groups is 1. The standard InChI is InChI=1S/C28H30N6O5S/c1-2-29-27(37)30-21-5-3-4-20(14-21)26-38-24(15-25(39-26)19-8-6-18(16-35)7-9-19)17-40-28-31-32-33-34(28)22-10-12-23(36)13-11-22/h3-14,24-26,35-36H,2,15-17H2,1H3,(H2,29,30,37)/t24-,25+,26?/m0/s1. The number of carbonyl (C=O) groups is 1. The van der Waals surface area contributed by atoms with Crippen LogP contribution in [0.15, 0.2) is 78.0 Å². The van der Waals surface area contributed by atoms with E-state index in [9.17, 15) is 15.0 Å². The minimum absolute atomic E-state index is 0.0298. The lowest BCUT2D eigenvalue weighted by Gasteiger charge is -2.36. The van der Waals surface area contributed by atoms with Gasteiger partial charge in [0, 0.05) is 30.0 Å². The number of aliphatic hydroxyl groups is 1. The molecule has 0 spiro atoms. The van der Waals surface area contributed by atoms with Crippen molar-refractivity contribution < 1.29 is 24.5 Å². The molecular formula is C28H30N6O5S. The summed E-state index contributed by atoms with van der Waals surface area (Å²) in [6.07, 6.45) is -0.549. The van der Waals surface area contributed by atoms with E-state index in [4.69, 9.17) is 9.47 Å². The molecule has 0 radical (unpaired) electrons. The molecule has 1 aliphatic rings. The molecule has 3 aromatic carbocycles. The molecule has 40 heavy (non-hydrogen) atoms. The van der Waals surface area contributed by atoms with Gasteiger partial charge in [0.1, 0.15) is 5.75 Å². The lowest BCUT2D eigenvalue weighted by molar-refractivity contribution is -0.245. The molecule has 11 nitrogen and oxygen atoms in total. The number of hydrogen-bond acceptors (Lipinski definition) is 9. The number of aromatic nitrogens is 4. The molecule has 0 bridgehead atoms. The zero-order valence-electron chi connectivity index (χ0n) is 21.8. The van der Waals surface area contributed by atoms with Crippen LogP contribution < -0.4 is 10.6 Å². The molecule has 208 valence electrons. The zero-order chi connectivity index (χ0) is 27.9. The van der Waals surface area contributed by atoms with Gasteiger partial charge in [-0.15, -0.1) is 5.10 Å². The van der Waals surface area contributed by atoms with Crippen molar-refractivity contribution in [3.05, 3.63) is 89.5 Å². The summed E-state index contributed by atoms with van der Waals surface area (Å²) in [5.74, 6) is 0.719. The number of urea groups is 1. The Hall–Kier alpha value is -3.97. The Balaban J connectivity index is 1.35. The van der Waals surface area contributed by atoms with Gasteiger partial charge in [-0.05, 0) is 64.9 Å². The lowest BCUT2D eigenvalue weighted by Crippen LogP contribution is -2.31. The molecular weight excluding hydrogens is 532 g/mol. The Morgan fingerprint density at radius 1 is 1.07 bits per heavy atom. The molecule has 1 aromatic heterocycles. The van der Waals surface area contributed by atoms with E-state index in [-0.39, 0.29) is 30.6 Å². The van der Waals surface area contributed by atoms with Gasteiger partial charge in [0.15, 0.2) is 6.29 Å². The van der Waals surface area contributed by atoms with Crippen LogP contribution >= 0.6 is 11.8 Å². The van der Waals surface area contributed by atoms with Crippen molar-refractivity contribution in [2.45, 2.75) is 43.6 Å². The van der Waals surface area contributed by atoms with Crippen LogP contribution in [-0.2, 0) is 16.1 Å². The van der Waals surface area contributed by atoms with Gasteiger partial charge in [-0.25, -0.2) is 4.79 Å². The van der Waals surface area contributed by atoms with Crippen LogP contribution in [-0.4, -0.2) is 54.9 Å². The van der Waals surface area contributed by atoms with E-state index in [2.05, 4.69) is 26.2 Å². The summed E-state index contributed by atoms with van der Waals surface area (Å²) < 4.78 is 14.4. The van der Waals surface area contributed by atoms with E-state index < -0.39 is 6.29 Å². The Morgan fingerprint density at radius 3 is 2.62 bits per heavy atom. The second-order valence-electron chi connectivity index (χ2n) is 9.16. The highest BCUT2D eigenvalue weighted by Crippen LogP contribution is 2.39. The van der Waals surface area contributed by atoms with Crippen LogP contribution in [0.5, 0.6) is 5.75 Å². The van der Waals surface area contributed by atoms with E-state index in [1.165, 1.54) is 11.8 Å². The highest BCUT2D eigenvalue weighted by atomic mass is 32.2. The quantitative estimate of drug-likeness (QED) is 0.219. The minimum Gasteiger partial charge on any atom is -0.508 e. The van der Waals surface area contributed by atoms with Gasteiger partial charge in [-0.2, -0.15) is 4.68 Å². The number of rotatable bonds is 9. The van der Waals surface area contributed by atoms with E-state index in [1.54, 1.807) is 28.9 Å². The topological polar surface area (TPSA) is 144 Å². The van der Waals surface area contributed by atoms with Crippen LogP contribution in [0.4, 0.5) is 10.5 Å². The van der Waals surface area contributed by atoms with Crippen LogP contribution in [0.1, 0.15) is 42.4 Å².